The van der Waals surface area contributed by atoms with Crippen molar-refractivity contribution >= 4 is 5.78 Å². The normalized spacial score (nSPS) is 35.4. The number of ether oxygens (including phenoxy) is 1. The van der Waals surface area contributed by atoms with Crippen molar-refractivity contribution in [2.24, 2.45) is 5.92 Å². The number of hydrogen-bond acceptors (Lipinski definition) is 2. The Bertz CT molecular complexity index is 274. The van der Waals surface area contributed by atoms with Crippen LogP contribution >= 0.6 is 0 Å². The van der Waals surface area contributed by atoms with Crippen LogP contribution in [0.15, 0.2) is 0 Å². The molecule has 1 saturated carbocycles. The maximum absolute atomic E-state index is 11.1. The molecule has 3 atom stereocenters. The molecular formula is C15H26O2. The number of unbranched alkanes of at least 4 members (excludes halogenated alkanes) is 2. The van der Waals surface area contributed by atoms with Gasteiger partial charge in [0.1, 0.15) is 5.78 Å². The number of carbonyl (C=O) groups is 1. The van der Waals surface area contributed by atoms with Gasteiger partial charge in [0, 0.05) is 12.8 Å². The number of hydrogen-bond donors (Lipinski definition) is 0. The van der Waals surface area contributed by atoms with E-state index in [-0.39, 0.29) is 5.60 Å². The summed E-state index contributed by atoms with van der Waals surface area (Å²) in [6, 6.07) is 0. The first-order valence-corrected chi connectivity index (χ1v) is 7.33. The molecule has 0 spiro atoms. The molecule has 1 aliphatic heterocycles. The topological polar surface area (TPSA) is 29.6 Å². The third kappa shape index (κ3) is 3.54. The van der Waals surface area contributed by atoms with E-state index in [0.29, 0.717) is 18.3 Å². The molecule has 0 N–H and O–H groups in total. The molecule has 3 unspecified atom stereocenters. The van der Waals surface area contributed by atoms with Gasteiger partial charge >= 0.3 is 0 Å². The molecular weight excluding hydrogens is 212 g/mol. The summed E-state index contributed by atoms with van der Waals surface area (Å²) in [6.45, 7) is 4.21. The summed E-state index contributed by atoms with van der Waals surface area (Å²) in [4.78, 5) is 11.1. The monoisotopic (exact) mass is 238 g/mol. The van der Waals surface area contributed by atoms with Crippen LogP contribution in [0, 0.1) is 5.92 Å². The average molecular weight is 238 g/mol. The minimum atomic E-state index is 0.268. The van der Waals surface area contributed by atoms with Gasteiger partial charge in [-0.05, 0) is 38.5 Å². The molecule has 2 rings (SSSR count). The van der Waals surface area contributed by atoms with Crippen LogP contribution in [0.25, 0.3) is 0 Å². The van der Waals surface area contributed by atoms with Gasteiger partial charge in [-0.25, -0.2) is 0 Å². The second kappa shape index (κ2) is 5.51. The maximum Gasteiger partial charge on any atom is 0.132 e. The lowest BCUT2D eigenvalue weighted by molar-refractivity contribution is -0.118. The third-order valence-electron chi connectivity index (χ3n) is 4.59. The molecule has 2 aliphatic rings. The molecule has 0 amide bonds. The fourth-order valence-corrected chi connectivity index (χ4v) is 3.09. The Morgan fingerprint density at radius 2 is 2.18 bits per heavy atom. The van der Waals surface area contributed by atoms with E-state index >= 15 is 0 Å². The Hall–Kier alpha value is -0.370. The molecule has 98 valence electrons. The van der Waals surface area contributed by atoms with E-state index in [4.69, 9.17) is 4.74 Å². The third-order valence-corrected chi connectivity index (χ3v) is 4.59. The molecule has 1 saturated heterocycles. The van der Waals surface area contributed by atoms with Crippen molar-refractivity contribution in [3.8, 4) is 0 Å². The van der Waals surface area contributed by atoms with Crippen molar-refractivity contribution in [2.75, 3.05) is 0 Å². The zero-order valence-electron chi connectivity index (χ0n) is 11.3. The quantitative estimate of drug-likeness (QED) is 0.497. The Labute approximate surface area is 105 Å². The second-order valence-corrected chi connectivity index (χ2v) is 6.05. The SMILES string of the molecule is CCC(=O)CCCCCC1CCC2(C)OC2C1. The van der Waals surface area contributed by atoms with E-state index in [0.717, 1.165) is 18.8 Å². The van der Waals surface area contributed by atoms with Crippen LogP contribution in [0.5, 0.6) is 0 Å². The maximum atomic E-state index is 11.1. The van der Waals surface area contributed by atoms with Gasteiger partial charge in [0.15, 0.2) is 0 Å². The van der Waals surface area contributed by atoms with Crippen LogP contribution in [0.1, 0.15) is 71.6 Å². The fourth-order valence-electron chi connectivity index (χ4n) is 3.09. The van der Waals surface area contributed by atoms with Crippen LogP contribution in [0.3, 0.4) is 0 Å². The first-order chi connectivity index (χ1) is 8.14. The molecule has 1 heterocycles. The molecule has 2 nitrogen and oxygen atoms in total. The molecule has 0 aromatic carbocycles. The number of ketones is 1. The van der Waals surface area contributed by atoms with Crippen molar-refractivity contribution < 1.29 is 9.53 Å². The van der Waals surface area contributed by atoms with Gasteiger partial charge in [0.25, 0.3) is 0 Å². The van der Waals surface area contributed by atoms with Crippen LogP contribution < -0.4 is 0 Å². The van der Waals surface area contributed by atoms with E-state index in [2.05, 4.69) is 6.92 Å². The smallest absolute Gasteiger partial charge is 0.132 e. The zero-order valence-corrected chi connectivity index (χ0v) is 11.3. The minimum absolute atomic E-state index is 0.268. The second-order valence-electron chi connectivity index (χ2n) is 6.05. The predicted molar refractivity (Wildman–Crippen MR) is 69.0 cm³/mol. The van der Waals surface area contributed by atoms with Gasteiger partial charge in [0.2, 0.25) is 0 Å². The van der Waals surface area contributed by atoms with Crippen molar-refractivity contribution in [1.82, 2.24) is 0 Å². The molecule has 17 heavy (non-hydrogen) atoms. The highest BCUT2D eigenvalue weighted by Gasteiger charge is 2.54. The molecule has 2 fully saturated rings. The van der Waals surface area contributed by atoms with Gasteiger partial charge < -0.3 is 4.74 Å². The summed E-state index contributed by atoms with van der Waals surface area (Å²) in [7, 11) is 0. The number of fused-ring (bicyclic) bond motifs is 1. The molecule has 0 aromatic rings. The standard InChI is InChI=1S/C15H26O2/c1-3-13(16)8-6-4-5-7-12-9-10-15(2)14(11-12)17-15/h12,14H,3-11H2,1-2H3. The molecule has 1 aliphatic carbocycles. The van der Waals surface area contributed by atoms with Crippen LogP contribution in [0.4, 0.5) is 0 Å². The Kier molecular flexibility index (Phi) is 4.24. The Morgan fingerprint density at radius 1 is 1.35 bits per heavy atom. The zero-order chi connectivity index (χ0) is 12.3. The van der Waals surface area contributed by atoms with Crippen molar-refractivity contribution in [3.63, 3.8) is 0 Å². The molecule has 2 heteroatoms. The first-order valence-electron chi connectivity index (χ1n) is 7.33. The van der Waals surface area contributed by atoms with Crippen LogP contribution in [-0.2, 0) is 9.53 Å². The number of carbonyl (C=O) groups excluding carboxylic acids is 1. The van der Waals surface area contributed by atoms with E-state index in [1.807, 2.05) is 6.92 Å². The Morgan fingerprint density at radius 3 is 2.88 bits per heavy atom. The van der Waals surface area contributed by atoms with E-state index < -0.39 is 0 Å². The van der Waals surface area contributed by atoms with Crippen LogP contribution in [-0.4, -0.2) is 17.5 Å². The molecule has 0 aromatic heterocycles. The lowest BCUT2D eigenvalue weighted by Gasteiger charge is -2.22. The summed E-state index contributed by atoms with van der Waals surface area (Å²) in [5, 5.41) is 0. The van der Waals surface area contributed by atoms with Gasteiger partial charge in [-0.1, -0.05) is 26.2 Å². The van der Waals surface area contributed by atoms with Gasteiger partial charge in [-0.2, -0.15) is 0 Å². The summed E-state index contributed by atoms with van der Waals surface area (Å²) < 4.78 is 5.72. The molecule has 0 bridgehead atoms. The number of Topliss-reactive ketones (excluding diaryl/α,β-unsaturated/α-hetero) is 1. The predicted octanol–water partition coefficient (Wildman–Crippen LogP) is 3.87. The highest BCUT2D eigenvalue weighted by Crippen LogP contribution is 2.50. The first kappa shape index (κ1) is 13.1. The summed E-state index contributed by atoms with van der Waals surface area (Å²) in [5.41, 5.74) is 0.268. The summed E-state index contributed by atoms with van der Waals surface area (Å²) in [5.74, 6) is 1.31. The number of epoxide rings is 1. The van der Waals surface area contributed by atoms with Gasteiger partial charge in [-0.3, -0.25) is 4.79 Å². The van der Waals surface area contributed by atoms with E-state index in [1.165, 1.54) is 38.5 Å². The largest absolute Gasteiger partial charge is 0.366 e. The average Bonchev–Trinajstić information content (AvgIpc) is 2.99. The van der Waals surface area contributed by atoms with E-state index in [9.17, 15) is 4.79 Å². The van der Waals surface area contributed by atoms with Crippen molar-refractivity contribution in [3.05, 3.63) is 0 Å². The lowest BCUT2D eigenvalue weighted by atomic mass is 9.80. The molecule has 0 radical (unpaired) electrons. The summed E-state index contributed by atoms with van der Waals surface area (Å²) in [6.07, 6.45) is 10.9. The highest BCUT2D eigenvalue weighted by molar-refractivity contribution is 5.77. The van der Waals surface area contributed by atoms with Gasteiger partial charge in [-0.15, -0.1) is 0 Å². The highest BCUT2D eigenvalue weighted by atomic mass is 16.6. The lowest BCUT2D eigenvalue weighted by Crippen LogP contribution is -2.21. The fraction of sp³-hybridized carbons (Fsp3) is 0.933. The van der Waals surface area contributed by atoms with Crippen LogP contribution in [0.2, 0.25) is 0 Å². The Balaban J connectivity index is 1.50. The van der Waals surface area contributed by atoms with Gasteiger partial charge in [0.05, 0.1) is 11.7 Å². The van der Waals surface area contributed by atoms with E-state index in [1.54, 1.807) is 0 Å². The number of rotatable bonds is 7. The van der Waals surface area contributed by atoms with Crippen molar-refractivity contribution in [1.29, 1.82) is 0 Å². The summed E-state index contributed by atoms with van der Waals surface area (Å²) >= 11 is 0. The van der Waals surface area contributed by atoms with Crippen molar-refractivity contribution in [2.45, 2.75) is 83.3 Å². The minimum Gasteiger partial charge on any atom is -0.366 e.